The molecule has 0 spiro atoms. The van der Waals surface area contributed by atoms with Crippen LogP contribution in [0.1, 0.15) is 111 Å². The fourth-order valence-electron chi connectivity index (χ4n) is 5.00. The van der Waals surface area contributed by atoms with Crippen molar-refractivity contribution in [1.82, 2.24) is 4.90 Å². The molecule has 1 fully saturated rings. The van der Waals surface area contributed by atoms with Crippen LogP contribution in [0, 0.1) is 31.1 Å². The Bertz CT molecular complexity index is 614. The van der Waals surface area contributed by atoms with Crippen LogP contribution in [0.2, 0.25) is 0 Å². The largest absolute Gasteiger partial charge is 0.872 e. The first kappa shape index (κ1) is 36.6. The molecule has 2 heterocycles. The Hall–Kier alpha value is -0.433. The second-order valence-corrected chi connectivity index (χ2v) is 10.4. The molecule has 210 valence electrons. The Morgan fingerprint density at radius 2 is 1.27 bits per heavy atom. The summed E-state index contributed by atoms with van der Waals surface area (Å²) in [6.45, 7) is 18.6. The summed E-state index contributed by atoms with van der Waals surface area (Å²) in [5.74, 6) is 1.47. The van der Waals surface area contributed by atoms with E-state index < -0.39 is 0 Å². The smallest absolute Gasteiger partial charge is 0.0988 e. The molecule has 2 aliphatic heterocycles. The molecule has 0 N–H and O–H groups in total. The quantitative estimate of drug-likeness (QED) is 0.175. The second kappa shape index (κ2) is 25.8. The molecule has 37 heavy (non-hydrogen) atoms. The molecule has 0 saturated carbocycles. The van der Waals surface area contributed by atoms with Gasteiger partial charge in [0.1, 0.15) is 0 Å². The number of amidine groups is 1. The van der Waals surface area contributed by atoms with Crippen LogP contribution in [0.15, 0.2) is 35.3 Å². The third-order valence-electron chi connectivity index (χ3n) is 7.26. The topological polar surface area (TPSA) is 38.7 Å². The number of hydrogen-bond acceptors (Lipinski definition) is 3. The molecule has 3 rings (SSSR count). The first-order valence-corrected chi connectivity index (χ1v) is 15.0. The van der Waals surface area contributed by atoms with E-state index in [0.717, 1.165) is 6.54 Å². The maximum atomic E-state index is 10.3. The maximum Gasteiger partial charge on any atom is 0.0988 e. The van der Waals surface area contributed by atoms with Crippen LogP contribution in [-0.4, -0.2) is 70.7 Å². The van der Waals surface area contributed by atoms with Crippen LogP contribution < -0.4 is 5.11 Å². The Morgan fingerprint density at radius 3 is 1.70 bits per heavy atom. The van der Waals surface area contributed by atoms with E-state index >= 15 is 0 Å². The van der Waals surface area contributed by atoms with E-state index in [1.54, 1.807) is 12.1 Å². The number of benzene rings is 1. The van der Waals surface area contributed by atoms with Crippen molar-refractivity contribution in [2.75, 3.05) is 45.8 Å². The fraction of sp³-hybridized carbons (Fsp3) is 0.774. The van der Waals surface area contributed by atoms with E-state index in [2.05, 4.69) is 46.0 Å². The fourth-order valence-corrected chi connectivity index (χ4v) is 5.00. The van der Waals surface area contributed by atoms with Crippen molar-refractivity contribution in [3.63, 3.8) is 0 Å². The van der Waals surface area contributed by atoms with Gasteiger partial charge in [-0.3, -0.25) is 4.99 Å². The SMILES string of the molecule is C1CCC2=NCCCN2CC1.CCCC[N+](CCCC)(CCCC)CCCC.[2H][B].[O-]c1ccccc1.[U]. The van der Waals surface area contributed by atoms with Crippen LogP contribution in [-0.2, 0) is 0 Å². The zero-order valence-corrected chi connectivity index (χ0v) is 29.0. The van der Waals surface area contributed by atoms with Crippen LogP contribution >= 0.6 is 0 Å². The molecule has 1 saturated heterocycles. The van der Waals surface area contributed by atoms with Gasteiger partial charge in [0.2, 0.25) is 0 Å². The van der Waals surface area contributed by atoms with E-state index in [1.165, 1.54) is 145 Å². The Labute approximate surface area is 258 Å². The van der Waals surface area contributed by atoms with Gasteiger partial charge in [-0.05, 0) is 46.3 Å². The van der Waals surface area contributed by atoms with Gasteiger partial charge in [0.15, 0.2) is 0 Å². The van der Waals surface area contributed by atoms with Gasteiger partial charge in [-0.1, -0.05) is 90.1 Å². The summed E-state index contributed by atoms with van der Waals surface area (Å²) >= 11 is 0. The summed E-state index contributed by atoms with van der Waals surface area (Å²) in [5, 5.41) is 10.3. The van der Waals surface area contributed by atoms with E-state index in [1.807, 2.05) is 6.07 Å². The predicted octanol–water partition coefficient (Wildman–Crippen LogP) is 6.78. The third-order valence-corrected chi connectivity index (χ3v) is 7.26. The van der Waals surface area contributed by atoms with Gasteiger partial charge in [-0.15, -0.1) is 5.75 Å². The molecule has 2 aliphatic rings. The average Bonchev–Trinajstić information content (AvgIpc) is 3.20. The molecule has 0 amide bonds. The molecule has 0 atom stereocenters. The molecule has 0 unspecified atom stereocenters. The molecule has 0 bridgehead atoms. The van der Waals surface area contributed by atoms with Crippen molar-refractivity contribution < 1.29 is 40.7 Å². The first-order valence-electron chi connectivity index (χ1n) is 15.5. The van der Waals surface area contributed by atoms with Crippen LogP contribution in [0.3, 0.4) is 0 Å². The van der Waals surface area contributed by atoms with E-state index in [0.29, 0.717) is 0 Å². The van der Waals surface area contributed by atoms with Crippen molar-refractivity contribution in [3.05, 3.63) is 30.3 Å². The zero-order chi connectivity index (χ0) is 27.6. The van der Waals surface area contributed by atoms with Crippen molar-refractivity contribution >= 4 is 14.2 Å². The molecular weight excluding hydrogens is 679 g/mol. The van der Waals surface area contributed by atoms with Gasteiger partial charge in [0.25, 0.3) is 0 Å². The number of nitrogens with zero attached hydrogens (tertiary/aromatic N) is 3. The third kappa shape index (κ3) is 18.5. The van der Waals surface area contributed by atoms with Gasteiger partial charge < -0.3 is 14.5 Å². The van der Waals surface area contributed by atoms with Gasteiger partial charge in [0.05, 0.1) is 32.0 Å². The molecular formula is C31H58BN3OU. The molecule has 0 aromatic heterocycles. The number of quaternary nitrogens is 1. The predicted molar refractivity (Wildman–Crippen MR) is 159 cm³/mol. The zero-order valence-electron chi connectivity index (χ0n) is 25.9. The Morgan fingerprint density at radius 1 is 0.784 bits per heavy atom. The monoisotopic (exact) mass is 739 g/mol. The van der Waals surface area contributed by atoms with Crippen molar-refractivity contribution in [1.29, 1.82) is 1.34 Å². The number of unbranched alkanes of at least 4 members (excludes halogenated alkanes) is 4. The molecule has 2 radical (unpaired) electrons. The molecule has 0 aliphatic carbocycles. The van der Waals surface area contributed by atoms with Crippen LogP contribution in [0.4, 0.5) is 0 Å². The molecule has 1 aromatic rings. The summed E-state index contributed by atoms with van der Waals surface area (Å²) in [7, 11) is 3.75. The summed E-state index contributed by atoms with van der Waals surface area (Å²) < 4.78 is 6.67. The van der Waals surface area contributed by atoms with Crippen molar-refractivity contribution in [2.45, 2.75) is 111 Å². The number of fused-ring (bicyclic) bond motifs is 1. The van der Waals surface area contributed by atoms with E-state index in [-0.39, 0.29) is 36.9 Å². The number of hydrogen-bond donors (Lipinski definition) is 0. The number of rotatable bonds is 12. The van der Waals surface area contributed by atoms with Crippen molar-refractivity contribution in [3.8, 4) is 5.75 Å². The maximum absolute atomic E-state index is 10.3. The number of para-hydroxylation sites is 1. The molecule has 1 aromatic carbocycles. The Balaban J connectivity index is 0. The van der Waals surface area contributed by atoms with E-state index in [4.69, 9.17) is 1.34 Å². The molecule has 6 heteroatoms. The van der Waals surface area contributed by atoms with Gasteiger partial charge in [0, 0.05) is 65.5 Å². The van der Waals surface area contributed by atoms with Gasteiger partial charge >= 0.3 is 0 Å². The molecule has 4 nitrogen and oxygen atoms in total. The summed E-state index contributed by atoms with van der Waals surface area (Å²) in [6.07, 6.45) is 17.7. The van der Waals surface area contributed by atoms with E-state index in [9.17, 15) is 5.11 Å². The van der Waals surface area contributed by atoms with Crippen LogP contribution in [0.5, 0.6) is 5.75 Å². The first-order chi connectivity index (χ1) is 18.1. The summed E-state index contributed by atoms with van der Waals surface area (Å²) in [4.78, 5) is 7.04. The van der Waals surface area contributed by atoms with Gasteiger partial charge in [-0.2, -0.15) is 0 Å². The van der Waals surface area contributed by atoms with Crippen molar-refractivity contribution in [2.24, 2.45) is 4.99 Å². The average molecular weight is 739 g/mol. The Kier molecular flexibility index (Phi) is 25.5. The second-order valence-electron chi connectivity index (χ2n) is 10.4. The van der Waals surface area contributed by atoms with Crippen LogP contribution in [0.25, 0.3) is 0 Å². The minimum atomic E-state index is 0. The standard InChI is InChI=1S/C16H36N.C9H16N2.C6H6O.BH.U/c1-5-9-13-17(14-10-6-2,15-11-7-3)16-12-8-4;1-2-5-9-10-6-4-8-11(9)7-3-1;7-6-4-2-1-3-5-6;;/h5-16H2,1-4H3;1-8H2;1-5,7H;1H;/q+1;;;;/p-1/i;;;1D;. The van der Waals surface area contributed by atoms with Gasteiger partial charge in [-0.25, -0.2) is 0 Å². The normalized spacial score (nSPS) is 14.9. The number of aliphatic imine (C=N–C) groups is 1. The summed E-state index contributed by atoms with van der Waals surface area (Å²) in [6, 6.07) is 8.33. The minimum Gasteiger partial charge on any atom is -0.872 e. The summed E-state index contributed by atoms with van der Waals surface area (Å²) in [5.41, 5.74) is 0. The minimum absolute atomic E-state index is 0.